The Bertz CT molecular complexity index is 783. The van der Waals surface area contributed by atoms with Crippen LogP contribution in [0.3, 0.4) is 0 Å². The van der Waals surface area contributed by atoms with Crippen LogP contribution in [0.25, 0.3) is 0 Å². The Labute approximate surface area is 117 Å². The molecule has 1 N–H and O–H groups in total. The van der Waals surface area contributed by atoms with E-state index in [0.717, 1.165) is 6.07 Å². The van der Waals surface area contributed by atoms with Gasteiger partial charge >= 0.3 is 5.97 Å². The third-order valence-corrected chi connectivity index (χ3v) is 4.44. The Morgan fingerprint density at radius 3 is 2.33 bits per heavy atom. The van der Waals surface area contributed by atoms with E-state index in [1.54, 1.807) is 0 Å². The monoisotopic (exact) mass is 318 g/mol. The number of hydrogen-bond acceptors (Lipinski definition) is 5. The molecule has 0 aromatic heterocycles. The molecule has 1 atom stereocenters. The molecule has 2 rings (SSSR count). The zero-order valence-corrected chi connectivity index (χ0v) is 11.3. The second-order valence-corrected chi connectivity index (χ2v) is 6.42. The lowest BCUT2D eigenvalue weighted by molar-refractivity contribution is -0.138. The fourth-order valence-corrected chi connectivity index (χ4v) is 3.15. The molecule has 1 heterocycles. The minimum absolute atomic E-state index is 0.479. The summed E-state index contributed by atoms with van der Waals surface area (Å²) in [5.74, 6) is -6.39. The van der Waals surface area contributed by atoms with Crippen LogP contribution in [0, 0.1) is 11.6 Å². The molecule has 0 radical (unpaired) electrons. The molecule has 1 unspecified atom stereocenters. The Morgan fingerprint density at radius 2 is 1.90 bits per heavy atom. The van der Waals surface area contributed by atoms with Gasteiger partial charge in [-0.05, 0) is 12.1 Å². The Balaban J connectivity index is 2.70. The SMILES string of the molecule is CS(=O)(=O)C1(c2ccc(F)c(F)c2)OC(C(=O)O)=CC1=O. The first-order valence-electron chi connectivity index (χ1n) is 5.43. The number of hydrogen-bond donors (Lipinski definition) is 1. The van der Waals surface area contributed by atoms with Crippen molar-refractivity contribution in [2.24, 2.45) is 0 Å². The van der Waals surface area contributed by atoms with E-state index in [0.29, 0.717) is 24.5 Å². The largest absolute Gasteiger partial charge is 0.475 e. The predicted molar refractivity (Wildman–Crippen MR) is 64.7 cm³/mol. The Hall–Kier alpha value is -2.29. The zero-order chi connectivity index (χ0) is 16.0. The molecule has 1 aliphatic heterocycles. The van der Waals surface area contributed by atoms with E-state index in [4.69, 9.17) is 9.84 Å². The minimum atomic E-state index is -4.34. The maximum absolute atomic E-state index is 13.3. The average Bonchev–Trinajstić information content (AvgIpc) is 2.71. The highest BCUT2D eigenvalue weighted by atomic mass is 32.2. The molecule has 1 aromatic carbocycles. The molecule has 0 saturated carbocycles. The van der Waals surface area contributed by atoms with Crippen LogP contribution in [0.5, 0.6) is 0 Å². The highest BCUT2D eigenvalue weighted by Gasteiger charge is 2.56. The number of carbonyl (C=O) groups is 2. The number of ketones is 1. The Morgan fingerprint density at radius 1 is 1.29 bits per heavy atom. The van der Waals surface area contributed by atoms with Crippen molar-refractivity contribution in [2.75, 3.05) is 6.26 Å². The topological polar surface area (TPSA) is 97.7 Å². The smallest absolute Gasteiger partial charge is 0.371 e. The van der Waals surface area contributed by atoms with Crippen LogP contribution in [0.2, 0.25) is 0 Å². The minimum Gasteiger partial charge on any atom is -0.475 e. The third-order valence-electron chi connectivity index (χ3n) is 2.87. The molecular weight excluding hydrogens is 310 g/mol. The highest BCUT2D eigenvalue weighted by Crippen LogP contribution is 2.40. The first-order valence-corrected chi connectivity index (χ1v) is 7.32. The van der Waals surface area contributed by atoms with Crippen LogP contribution in [0.4, 0.5) is 8.78 Å². The van der Waals surface area contributed by atoms with Crippen molar-refractivity contribution in [3.8, 4) is 0 Å². The van der Waals surface area contributed by atoms with Crippen molar-refractivity contribution >= 4 is 21.6 Å². The predicted octanol–water partition coefficient (Wildman–Crippen LogP) is 0.730. The number of carboxylic acids is 1. The fraction of sp³-hybridized carbons (Fsp3) is 0.167. The molecule has 0 bridgehead atoms. The van der Waals surface area contributed by atoms with E-state index in [2.05, 4.69) is 0 Å². The van der Waals surface area contributed by atoms with Crippen LogP contribution in [-0.4, -0.2) is 31.5 Å². The van der Waals surface area contributed by atoms with Gasteiger partial charge < -0.3 is 9.84 Å². The number of sulfone groups is 1. The molecule has 6 nitrogen and oxygen atoms in total. The number of ether oxygens (including phenoxy) is 1. The number of rotatable bonds is 3. The summed E-state index contributed by atoms with van der Waals surface area (Å²) in [6.07, 6.45) is 1.12. The highest BCUT2D eigenvalue weighted by molar-refractivity contribution is 7.92. The van der Waals surface area contributed by atoms with Gasteiger partial charge in [0.05, 0.1) is 0 Å². The summed E-state index contributed by atoms with van der Waals surface area (Å²) in [6, 6.07) is 1.94. The molecular formula is C12H8F2O6S. The average molecular weight is 318 g/mol. The van der Waals surface area contributed by atoms with Crippen LogP contribution >= 0.6 is 0 Å². The van der Waals surface area contributed by atoms with Crippen molar-refractivity contribution in [3.63, 3.8) is 0 Å². The second kappa shape index (κ2) is 4.62. The summed E-state index contributed by atoms with van der Waals surface area (Å²) in [5.41, 5.74) is -0.513. The molecule has 112 valence electrons. The number of aliphatic carboxylic acids is 1. The van der Waals surface area contributed by atoms with Gasteiger partial charge in [-0.1, -0.05) is 6.07 Å². The van der Waals surface area contributed by atoms with E-state index >= 15 is 0 Å². The standard InChI is InChI=1S/C12H8F2O6S/c1-21(18,19)12(6-2-3-7(13)8(14)4-6)10(15)5-9(20-12)11(16)17/h2-5H,1H3,(H,16,17). The first-order chi connectivity index (χ1) is 9.59. The maximum Gasteiger partial charge on any atom is 0.371 e. The van der Waals surface area contributed by atoms with E-state index < -0.39 is 49.5 Å². The van der Waals surface area contributed by atoms with Crippen molar-refractivity contribution in [1.82, 2.24) is 0 Å². The Kier molecular flexibility index (Phi) is 3.32. The summed E-state index contributed by atoms with van der Waals surface area (Å²) >= 11 is 0. The summed E-state index contributed by atoms with van der Waals surface area (Å²) in [5, 5.41) is 8.80. The fourth-order valence-electron chi connectivity index (χ4n) is 1.93. The van der Waals surface area contributed by atoms with Gasteiger partial charge in [-0.25, -0.2) is 22.0 Å². The lowest BCUT2D eigenvalue weighted by atomic mass is 10.1. The molecule has 9 heteroatoms. The lowest BCUT2D eigenvalue weighted by Gasteiger charge is -2.26. The molecule has 0 amide bonds. The number of carbonyl (C=O) groups excluding carboxylic acids is 1. The normalized spacial score (nSPS) is 21.9. The van der Waals surface area contributed by atoms with Crippen LogP contribution in [0.1, 0.15) is 5.56 Å². The summed E-state index contributed by atoms with van der Waals surface area (Å²) in [7, 11) is -4.34. The van der Waals surface area contributed by atoms with E-state index in [-0.39, 0.29) is 0 Å². The molecule has 21 heavy (non-hydrogen) atoms. The van der Waals surface area contributed by atoms with Crippen LogP contribution in [0.15, 0.2) is 30.0 Å². The van der Waals surface area contributed by atoms with Crippen LogP contribution in [-0.2, 0) is 29.1 Å². The zero-order valence-electron chi connectivity index (χ0n) is 10.5. The van der Waals surface area contributed by atoms with Gasteiger partial charge in [0.1, 0.15) is 0 Å². The third kappa shape index (κ3) is 2.19. The van der Waals surface area contributed by atoms with Gasteiger partial charge in [0.25, 0.3) is 4.93 Å². The summed E-state index contributed by atoms with van der Waals surface area (Å²) in [6.45, 7) is 0. The summed E-state index contributed by atoms with van der Waals surface area (Å²) in [4.78, 5) is 20.1. The van der Waals surface area contributed by atoms with Crippen molar-refractivity contribution < 1.29 is 36.6 Å². The molecule has 1 aliphatic rings. The maximum atomic E-state index is 13.3. The second-order valence-electron chi connectivity index (χ2n) is 4.30. The first kappa shape index (κ1) is 15.1. The molecule has 0 saturated heterocycles. The lowest BCUT2D eigenvalue weighted by Crippen LogP contribution is -2.42. The number of halogens is 2. The molecule has 0 aliphatic carbocycles. The quantitative estimate of drug-likeness (QED) is 0.882. The van der Waals surface area contributed by atoms with Gasteiger partial charge in [-0.2, -0.15) is 0 Å². The van der Waals surface area contributed by atoms with Gasteiger partial charge in [-0.3, -0.25) is 4.79 Å². The van der Waals surface area contributed by atoms with Gasteiger partial charge in [-0.15, -0.1) is 0 Å². The van der Waals surface area contributed by atoms with E-state index in [1.807, 2.05) is 0 Å². The number of benzene rings is 1. The van der Waals surface area contributed by atoms with Crippen molar-refractivity contribution in [1.29, 1.82) is 0 Å². The molecule has 1 aromatic rings. The van der Waals surface area contributed by atoms with Crippen molar-refractivity contribution in [2.45, 2.75) is 4.93 Å². The molecule has 0 spiro atoms. The van der Waals surface area contributed by atoms with Crippen LogP contribution < -0.4 is 0 Å². The van der Waals surface area contributed by atoms with E-state index in [1.165, 1.54) is 0 Å². The molecule has 0 fully saturated rings. The van der Waals surface area contributed by atoms with Gasteiger partial charge in [0, 0.05) is 17.9 Å². The van der Waals surface area contributed by atoms with Gasteiger partial charge in [0.2, 0.25) is 21.4 Å². The van der Waals surface area contributed by atoms with E-state index in [9.17, 15) is 26.8 Å². The van der Waals surface area contributed by atoms with Crippen molar-refractivity contribution in [3.05, 3.63) is 47.2 Å². The van der Waals surface area contributed by atoms with Gasteiger partial charge in [0.15, 0.2) is 11.6 Å². The summed E-state index contributed by atoms with van der Waals surface area (Å²) < 4.78 is 54.9. The number of carboxylic acid groups (broad SMARTS) is 1.